The van der Waals surface area contributed by atoms with Gasteiger partial charge in [0.05, 0.1) is 32.8 Å². The van der Waals surface area contributed by atoms with Crippen LogP contribution in [0.4, 0.5) is 5.13 Å². The molecule has 1 aliphatic heterocycles. The van der Waals surface area contributed by atoms with Crippen molar-refractivity contribution in [2.75, 3.05) is 58.5 Å². The lowest BCUT2D eigenvalue weighted by Gasteiger charge is -2.27. The van der Waals surface area contributed by atoms with Crippen molar-refractivity contribution in [3.05, 3.63) is 58.4 Å². The van der Waals surface area contributed by atoms with Crippen molar-refractivity contribution in [1.82, 2.24) is 9.88 Å². The first-order valence-electron chi connectivity index (χ1n) is 11.7. The van der Waals surface area contributed by atoms with Crippen LogP contribution in [0.5, 0.6) is 11.5 Å². The second kappa shape index (κ2) is 10.7. The zero-order valence-electron chi connectivity index (χ0n) is 20.2. The molecule has 0 bridgehead atoms. The lowest BCUT2D eigenvalue weighted by atomic mass is 10.1. The maximum Gasteiger partial charge on any atom is 0.267 e. The highest BCUT2D eigenvalue weighted by atomic mass is 32.1. The number of ether oxygens (including phenoxy) is 3. The van der Waals surface area contributed by atoms with E-state index < -0.39 is 5.91 Å². The fourth-order valence-electron chi connectivity index (χ4n) is 4.32. The number of hydrogen-bond acceptors (Lipinski definition) is 9. The number of aromatic nitrogens is 1. The van der Waals surface area contributed by atoms with Gasteiger partial charge in [0.15, 0.2) is 5.13 Å². The van der Waals surface area contributed by atoms with Crippen molar-refractivity contribution in [2.24, 2.45) is 0 Å². The van der Waals surface area contributed by atoms with E-state index in [2.05, 4.69) is 4.90 Å². The summed E-state index contributed by atoms with van der Waals surface area (Å²) in [5.41, 5.74) is 0.648. The van der Waals surface area contributed by atoms with Gasteiger partial charge in [0, 0.05) is 26.2 Å². The van der Waals surface area contributed by atoms with Gasteiger partial charge in [-0.3, -0.25) is 19.4 Å². The van der Waals surface area contributed by atoms with Crippen molar-refractivity contribution in [1.29, 1.82) is 0 Å². The number of para-hydroxylation sites is 1. The van der Waals surface area contributed by atoms with E-state index in [0.29, 0.717) is 59.3 Å². The summed E-state index contributed by atoms with van der Waals surface area (Å²) in [7, 11) is 3.16. The van der Waals surface area contributed by atoms with E-state index in [1.807, 2.05) is 6.07 Å². The molecule has 36 heavy (non-hydrogen) atoms. The number of hydrogen-bond donors (Lipinski definition) is 0. The maximum absolute atomic E-state index is 13.8. The van der Waals surface area contributed by atoms with E-state index >= 15 is 0 Å². The first-order chi connectivity index (χ1) is 17.6. The van der Waals surface area contributed by atoms with Crippen molar-refractivity contribution in [3.63, 3.8) is 0 Å². The molecule has 0 aliphatic carbocycles. The van der Waals surface area contributed by atoms with E-state index in [1.165, 1.54) is 17.6 Å². The van der Waals surface area contributed by atoms with Crippen LogP contribution in [-0.4, -0.2) is 69.4 Å². The van der Waals surface area contributed by atoms with Gasteiger partial charge < -0.3 is 18.6 Å². The molecule has 0 unspecified atom stereocenters. The number of fused-ring (bicyclic) bond motifs is 2. The predicted molar refractivity (Wildman–Crippen MR) is 139 cm³/mol. The SMILES string of the molecule is COc1ccc(OC)c2sc(N(CCCN3CCOCC3)C(=O)c3coc4ccccc4c3=O)nc12. The number of benzene rings is 2. The molecule has 0 N–H and O–H groups in total. The lowest BCUT2D eigenvalue weighted by molar-refractivity contribution is 0.0376. The van der Waals surface area contributed by atoms with Gasteiger partial charge in [-0.05, 0) is 30.7 Å². The molecular weight excluding hydrogens is 482 g/mol. The number of rotatable bonds is 8. The van der Waals surface area contributed by atoms with Crippen molar-refractivity contribution < 1.29 is 23.4 Å². The smallest absolute Gasteiger partial charge is 0.267 e. The molecule has 3 heterocycles. The van der Waals surface area contributed by atoms with Crippen LogP contribution in [0.1, 0.15) is 16.8 Å². The quantitative estimate of drug-likeness (QED) is 0.354. The van der Waals surface area contributed by atoms with Crippen LogP contribution >= 0.6 is 11.3 Å². The number of anilines is 1. The molecule has 1 fully saturated rings. The summed E-state index contributed by atoms with van der Waals surface area (Å²) in [6.45, 7) is 4.32. The maximum atomic E-state index is 13.8. The molecular formula is C26H27N3O6S. The van der Waals surface area contributed by atoms with Gasteiger partial charge >= 0.3 is 0 Å². The van der Waals surface area contributed by atoms with Crippen LogP contribution in [0.15, 0.2) is 51.9 Å². The molecule has 0 saturated carbocycles. The number of thiazole rings is 1. The second-order valence-corrected chi connectivity index (χ2v) is 9.36. The number of carbonyl (C=O) groups is 1. The van der Waals surface area contributed by atoms with Gasteiger partial charge in [0.25, 0.3) is 5.91 Å². The first kappa shape index (κ1) is 24.2. The Hall–Kier alpha value is -3.47. The zero-order chi connectivity index (χ0) is 25.1. The Morgan fingerprint density at radius 3 is 2.64 bits per heavy atom. The van der Waals surface area contributed by atoms with Gasteiger partial charge in [-0.1, -0.05) is 23.5 Å². The Kier molecular flexibility index (Phi) is 7.17. The van der Waals surface area contributed by atoms with Crippen LogP contribution in [-0.2, 0) is 4.74 Å². The van der Waals surface area contributed by atoms with E-state index in [-0.39, 0.29) is 11.0 Å². The molecule has 9 nitrogen and oxygen atoms in total. The average molecular weight is 510 g/mol. The molecule has 0 spiro atoms. The highest BCUT2D eigenvalue weighted by Gasteiger charge is 2.26. The first-order valence-corrected chi connectivity index (χ1v) is 12.6. The van der Waals surface area contributed by atoms with Crippen molar-refractivity contribution in [3.8, 4) is 11.5 Å². The molecule has 188 valence electrons. The number of amides is 1. The number of methoxy groups -OCH3 is 2. The Labute approximate surface area is 211 Å². The summed E-state index contributed by atoms with van der Waals surface area (Å²) >= 11 is 1.33. The minimum absolute atomic E-state index is 0.0294. The molecule has 4 aromatic rings. The number of carbonyl (C=O) groups excluding carboxylic acids is 1. The Balaban J connectivity index is 1.53. The monoisotopic (exact) mass is 509 g/mol. The summed E-state index contributed by atoms with van der Waals surface area (Å²) in [5.74, 6) is 0.771. The number of morpholine rings is 1. The van der Waals surface area contributed by atoms with Gasteiger partial charge in [0.2, 0.25) is 5.43 Å². The highest BCUT2D eigenvalue weighted by Crippen LogP contribution is 2.40. The van der Waals surface area contributed by atoms with Crippen LogP contribution in [0, 0.1) is 0 Å². The Bertz CT molecular complexity index is 1400. The van der Waals surface area contributed by atoms with Crippen molar-refractivity contribution >= 4 is 43.6 Å². The molecule has 2 aromatic carbocycles. The van der Waals surface area contributed by atoms with Crippen LogP contribution < -0.4 is 19.8 Å². The third-order valence-electron chi connectivity index (χ3n) is 6.25. The third-order valence-corrected chi connectivity index (χ3v) is 7.34. The normalized spacial score (nSPS) is 14.3. The van der Waals surface area contributed by atoms with Crippen LogP contribution in [0.2, 0.25) is 0 Å². The summed E-state index contributed by atoms with van der Waals surface area (Å²) in [5, 5.41) is 0.830. The standard InChI is InChI=1S/C26H27N3O6S/c1-32-20-8-9-21(33-2)24-22(20)27-26(36-24)29(11-5-10-28-12-14-34-15-13-28)25(31)18-16-35-19-7-4-3-6-17(19)23(18)30/h3-4,6-9,16H,5,10-15H2,1-2H3. The van der Waals surface area contributed by atoms with E-state index in [9.17, 15) is 9.59 Å². The summed E-state index contributed by atoms with van der Waals surface area (Å²) in [4.78, 5) is 35.6. The number of nitrogens with zero attached hydrogens (tertiary/aromatic N) is 3. The summed E-state index contributed by atoms with van der Waals surface area (Å²) in [6, 6.07) is 10.5. The van der Waals surface area contributed by atoms with E-state index in [4.69, 9.17) is 23.6 Å². The Morgan fingerprint density at radius 1 is 1.11 bits per heavy atom. The van der Waals surface area contributed by atoms with Gasteiger partial charge in [-0.2, -0.15) is 0 Å². The Morgan fingerprint density at radius 2 is 1.86 bits per heavy atom. The fraction of sp³-hybridized carbons (Fsp3) is 0.346. The lowest BCUT2D eigenvalue weighted by Crippen LogP contribution is -2.40. The largest absolute Gasteiger partial charge is 0.495 e. The minimum Gasteiger partial charge on any atom is -0.495 e. The molecule has 2 aromatic heterocycles. The van der Waals surface area contributed by atoms with Gasteiger partial charge in [0.1, 0.15) is 39.1 Å². The summed E-state index contributed by atoms with van der Waals surface area (Å²) in [6.07, 6.45) is 1.95. The fourth-order valence-corrected chi connectivity index (χ4v) is 5.42. The minimum atomic E-state index is -0.450. The summed E-state index contributed by atoms with van der Waals surface area (Å²) < 4.78 is 22.9. The van der Waals surface area contributed by atoms with Crippen LogP contribution in [0.25, 0.3) is 21.2 Å². The van der Waals surface area contributed by atoms with Gasteiger partial charge in [-0.25, -0.2) is 4.98 Å². The molecule has 0 radical (unpaired) electrons. The molecule has 5 rings (SSSR count). The molecule has 10 heteroatoms. The van der Waals surface area contributed by atoms with E-state index in [1.54, 1.807) is 49.5 Å². The second-order valence-electron chi connectivity index (χ2n) is 8.38. The van der Waals surface area contributed by atoms with Crippen LogP contribution in [0.3, 0.4) is 0 Å². The molecule has 1 amide bonds. The van der Waals surface area contributed by atoms with Gasteiger partial charge in [-0.15, -0.1) is 0 Å². The zero-order valence-corrected chi connectivity index (χ0v) is 21.0. The highest BCUT2D eigenvalue weighted by molar-refractivity contribution is 7.22. The topological polar surface area (TPSA) is 94.3 Å². The molecule has 1 saturated heterocycles. The molecule has 1 aliphatic rings. The molecule has 0 atom stereocenters. The van der Waals surface area contributed by atoms with E-state index in [0.717, 1.165) is 24.3 Å². The average Bonchev–Trinajstić information content (AvgIpc) is 3.36. The third kappa shape index (κ3) is 4.67. The van der Waals surface area contributed by atoms with Crippen molar-refractivity contribution in [2.45, 2.75) is 6.42 Å². The predicted octanol–water partition coefficient (Wildman–Crippen LogP) is 3.79.